The number of anilines is 1. The number of carbonyl (C=O) groups excluding carboxylic acids is 2. The van der Waals surface area contributed by atoms with Crippen molar-refractivity contribution in [3.8, 4) is 0 Å². The molecule has 0 aromatic carbocycles. The summed E-state index contributed by atoms with van der Waals surface area (Å²) >= 11 is 1.14. The zero-order valence-corrected chi connectivity index (χ0v) is 10.3. The van der Waals surface area contributed by atoms with Crippen molar-refractivity contribution in [1.29, 1.82) is 0 Å². The number of carbonyl (C=O) groups is 3. The molecule has 0 saturated heterocycles. The van der Waals surface area contributed by atoms with Crippen LogP contribution in [0.5, 0.6) is 0 Å². The van der Waals surface area contributed by atoms with Gasteiger partial charge in [0.1, 0.15) is 11.6 Å². The minimum Gasteiger partial charge on any atom is -0.479 e. The topological polar surface area (TPSA) is 119 Å². The molecular formula is C10H12N2O5S. The Morgan fingerprint density at radius 1 is 1.56 bits per heavy atom. The molecule has 1 aromatic heterocycles. The third-order valence-electron chi connectivity index (χ3n) is 2.00. The zero-order valence-electron chi connectivity index (χ0n) is 9.50. The van der Waals surface area contributed by atoms with Gasteiger partial charge in [-0.3, -0.25) is 9.59 Å². The summed E-state index contributed by atoms with van der Waals surface area (Å²) in [4.78, 5) is 32.9. The number of carboxylic acid groups (broad SMARTS) is 1. The second-order valence-electron chi connectivity index (χ2n) is 3.37. The molecular weight excluding hydrogens is 260 g/mol. The normalized spacial score (nSPS) is 11.8. The molecule has 1 heterocycles. The van der Waals surface area contributed by atoms with E-state index in [1.54, 1.807) is 5.38 Å². The van der Waals surface area contributed by atoms with Crippen LogP contribution in [0.3, 0.4) is 0 Å². The average molecular weight is 272 g/mol. The molecule has 0 aliphatic rings. The lowest BCUT2D eigenvalue weighted by molar-refractivity contribution is -0.150. The van der Waals surface area contributed by atoms with Gasteiger partial charge in [0, 0.05) is 0 Å². The first-order valence-corrected chi connectivity index (χ1v) is 5.81. The summed E-state index contributed by atoms with van der Waals surface area (Å²) in [5, 5.41) is 12.9. The zero-order chi connectivity index (χ0) is 13.7. The number of hydrogen-bond acceptors (Lipinski definition) is 5. The quantitative estimate of drug-likeness (QED) is 0.687. The van der Waals surface area contributed by atoms with Gasteiger partial charge in [-0.25, -0.2) is 4.79 Å². The van der Waals surface area contributed by atoms with Crippen molar-refractivity contribution in [3.05, 3.63) is 17.0 Å². The fourth-order valence-electron chi connectivity index (χ4n) is 1.03. The van der Waals surface area contributed by atoms with Gasteiger partial charge in [-0.05, 0) is 18.4 Å². The van der Waals surface area contributed by atoms with Crippen molar-refractivity contribution in [3.63, 3.8) is 0 Å². The maximum atomic E-state index is 11.4. The highest BCUT2D eigenvalue weighted by molar-refractivity contribution is 7.14. The van der Waals surface area contributed by atoms with E-state index < -0.39 is 30.5 Å². The van der Waals surface area contributed by atoms with Crippen LogP contribution < -0.4 is 11.1 Å². The molecule has 1 atom stereocenters. The Morgan fingerprint density at radius 2 is 2.22 bits per heavy atom. The summed E-state index contributed by atoms with van der Waals surface area (Å²) in [6.07, 6.45) is -1.07. The molecule has 0 bridgehead atoms. The molecule has 98 valence electrons. The van der Waals surface area contributed by atoms with Gasteiger partial charge < -0.3 is 20.9 Å². The lowest BCUT2D eigenvalue weighted by Crippen LogP contribution is -2.26. The maximum Gasteiger partial charge on any atom is 0.332 e. The fourth-order valence-corrected chi connectivity index (χ4v) is 1.84. The summed E-state index contributed by atoms with van der Waals surface area (Å²) < 4.78 is 4.79. The number of hydrogen-bond donors (Lipinski definition) is 3. The van der Waals surface area contributed by atoms with Crippen LogP contribution in [0.4, 0.5) is 5.00 Å². The lowest BCUT2D eigenvalue weighted by Gasteiger charge is -2.08. The highest BCUT2D eigenvalue weighted by Gasteiger charge is 2.15. The third-order valence-corrected chi connectivity index (χ3v) is 2.83. The standard InChI is InChI=1S/C10H12N2O5S/c1-5(10(15)16)17-4-7(13)12-9-6(8(11)14)2-3-18-9/h2-3,5H,4H2,1H3,(H2,11,14)(H,12,13)(H,15,16). The predicted molar refractivity (Wildman–Crippen MR) is 64.5 cm³/mol. The smallest absolute Gasteiger partial charge is 0.332 e. The molecule has 7 nitrogen and oxygen atoms in total. The van der Waals surface area contributed by atoms with Gasteiger partial charge in [-0.2, -0.15) is 0 Å². The van der Waals surface area contributed by atoms with Crippen molar-refractivity contribution < 1.29 is 24.2 Å². The van der Waals surface area contributed by atoms with Crippen LogP contribution in [0.2, 0.25) is 0 Å². The van der Waals surface area contributed by atoms with Crippen LogP contribution in [-0.2, 0) is 14.3 Å². The summed E-state index contributed by atoms with van der Waals surface area (Å²) in [5.41, 5.74) is 5.31. The Morgan fingerprint density at radius 3 is 2.78 bits per heavy atom. The van der Waals surface area contributed by atoms with E-state index in [0.29, 0.717) is 5.00 Å². The molecule has 0 saturated carbocycles. The first kappa shape index (κ1) is 14.1. The summed E-state index contributed by atoms with van der Waals surface area (Å²) in [6.45, 7) is 0.902. The first-order valence-electron chi connectivity index (χ1n) is 4.93. The van der Waals surface area contributed by atoms with Gasteiger partial charge in [0.15, 0.2) is 6.10 Å². The van der Waals surface area contributed by atoms with Gasteiger partial charge in [-0.15, -0.1) is 11.3 Å². The van der Waals surface area contributed by atoms with E-state index in [-0.39, 0.29) is 5.56 Å². The largest absolute Gasteiger partial charge is 0.479 e. The third kappa shape index (κ3) is 3.82. The van der Waals surface area contributed by atoms with Crippen LogP contribution in [0.15, 0.2) is 11.4 Å². The predicted octanol–water partition coefficient (Wildman–Crippen LogP) is 0.275. The van der Waals surface area contributed by atoms with E-state index in [2.05, 4.69) is 5.32 Å². The molecule has 8 heteroatoms. The van der Waals surface area contributed by atoms with Crippen LogP contribution >= 0.6 is 11.3 Å². The first-order chi connectivity index (χ1) is 8.41. The highest BCUT2D eigenvalue weighted by Crippen LogP contribution is 2.22. The van der Waals surface area contributed by atoms with E-state index in [4.69, 9.17) is 15.6 Å². The number of ether oxygens (including phenoxy) is 1. The van der Waals surface area contributed by atoms with Crippen LogP contribution in [0.25, 0.3) is 0 Å². The molecule has 1 unspecified atom stereocenters. The number of nitrogens with two attached hydrogens (primary N) is 1. The summed E-state index contributed by atoms with van der Waals surface area (Å²) in [6, 6.07) is 1.49. The van der Waals surface area contributed by atoms with E-state index >= 15 is 0 Å². The molecule has 1 rings (SSSR count). The van der Waals surface area contributed by atoms with Gasteiger partial charge in [0.2, 0.25) is 0 Å². The Bertz CT molecular complexity index is 471. The van der Waals surface area contributed by atoms with Gasteiger partial charge in [-0.1, -0.05) is 0 Å². The van der Waals surface area contributed by atoms with Crippen molar-refractivity contribution in [2.45, 2.75) is 13.0 Å². The Kier molecular flexibility index (Phi) is 4.81. The molecule has 18 heavy (non-hydrogen) atoms. The molecule has 0 spiro atoms. The maximum absolute atomic E-state index is 11.4. The van der Waals surface area contributed by atoms with E-state index in [1.165, 1.54) is 13.0 Å². The van der Waals surface area contributed by atoms with Gasteiger partial charge >= 0.3 is 5.97 Å². The summed E-state index contributed by atoms with van der Waals surface area (Å²) in [7, 11) is 0. The second-order valence-corrected chi connectivity index (χ2v) is 4.28. The van der Waals surface area contributed by atoms with Gasteiger partial charge in [0.25, 0.3) is 11.8 Å². The molecule has 0 radical (unpaired) electrons. The molecule has 0 aliphatic carbocycles. The number of rotatable bonds is 6. The molecule has 2 amide bonds. The fraction of sp³-hybridized carbons (Fsp3) is 0.300. The second kappa shape index (κ2) is 6.12. The summed E-state index contributed by atoms with van der Waals surface area (Å²) in [5.74, 6) is -2.35. The number of carboxylic acids is 1. The minimum atomic E-state index is -1.16. The monoisotopic (exact) mass is 272 g/mol. The van der Waals surface area contributed by atoms with E-state index in [1.807, 2.05) is 0 Å². The van der Waals surface area contributed by atoms with Crippen LogP contribution in [0.1, 0.15) is 17.3 Å². The number of aliphatic carboxylic acids is 1. The SMILES string of the molecule is CC(OCC(=O)Nc1sccc1C(N)=O)C(=O)O. The van der Waals surface area contributed by atoms with Crippen molar-refractivity contribution in [2.24, 2.45) is 5.73 Å². The molecule has 0 aliphatic heterocycles. The van der Waals surface area contributed by atoms with Gasteiger partial charge in [0.05, 0.1) is 5.56 Å². The number of nitrogens with one attached hydrogen (secondary N) is 1. The van der Waals surface area contributed by atoms with E-state index in [9.17, 15) is 14.4 Å². The van der Waals surface area contributed by atoms with Crippen LogP contribution in [0, 0.1) is 0 Å². The number of thiophene rings is 1. The Balaban J connectivity index is 2.52. The Labute approximate surface area is 107 Å². The number of primary amides is 1. The minimum absolute atomic E-state index is 0.208. The lowest BCUT2D eigenvalue weighted by atomic mass is 10.3. The Hall–Kier alpha value is -1.93. The van der Waals surface area contributed by atoms with Crippen LogP contribution in [-0.4, -0.2) is 35.6 Å². The number of amides is 2. The molecule has 4 N–H and O–H groups in total. The molecule has 0 fully saturated rings. The van der Waals surface area contributed by atoms with Crippen molar-refractivity contribution >= 4 is 34.1 Å². The highest BCUT2D eigenvalue weighted by atomic mass is 32.1. The average Bonchev–Trinajstić information content (AvgIpc) is 2.73. The van der Waals surface area contributed by atoms with Crippen molar-refractivity contribution in [1.82, 2.24) is 0 Å². The van der Waals surface area contributed by atoms with E-state index in [0.717, 1.165) is 11.3 Å². The molecule has 1 aromatic rings. The van der Waals surface area contributed by atoms with Crippen molar-refractivity contribution in [2.75, 3.05) is 11.9 Å².